The van der Waals surface area contributed by atoms with E-state index in [2.05, 4.69) is 4.52 Å². The lowest BCUT2D eigenvalue weighted by molar-refractivity contribution is -0.190. The Labute approximate surface area is 162 Å². The van der Waals surface area contributed by atoms with Crippen LogP contribution in [0.15, 0.2) is 21.9 Å². The van der Waals surface area contributed by atoms with Crippen LogP contribution in [0.2, 0.25) is 0 Å². The predicted molar refractivity (Wildman–Crippen MR) is 92.5 cm³/mol. The number of carboxylic acids is 1. The van der Waals surface area contributed by atoms with Gasteiger partial charge in [0.15, 0.2) is 11.7 Å². The van der Waals surface area contributed by atoms with E-state index in [0.717, 1.165) is 30.7 Å². The van der Waals surface area contributed by atoms with Crippen LogP contribution < -0.4 is 16.3 Å². The maximum atomic E-state index is 15.3. The molecule has 0 bridgehead atoms. The monoisotopic (exact) mass is 441 g/mol. The van der Waals surface area contributed by atoms with Crippen LogP contribution in [0.5, 0.6) is 0 Å². The van der Waals surface area contributed by atoms with E-state index in [1.807, 2.05) is 4.98 Å². The second-order valence-electron chi connectivity index (χ2n) is 6.58. The number of aliphatic hydroxyl groups is 2. The fourth-order valence-electron chi connectivity index (χ4n) is 2.69. The number of carboxylic acid groups (broad SMARTS) is 1. The third-order valence-corrected chi connectivity index (χ3v) is 5.61. The Bertz CT molecular complexity index is 950. The van der Waals surface area contributed by atoms with E-state index < -0.39 is 60.9 Å². The van der Waals surface area contributed by atoms with Crippen LogP contribution in [0.3, 0.4) is 0 Å². The van der Waals surface area contributed by atoms with Gasteiger partial charge in [0.1, 0.15) is 12.3 Å². The first-order valence-corrected chi connectivity index (χ1v) is 9.84. The number of H-pyrrole nitrogens is 1. The minimum Gasteiger partial charge on any atom is -0.480 e. The Balaban J connectivity index is 2.26. The molecule has 164 valence electrons. The van der Waals surface area contributed by atoms with Crippen molar-refractivity contribution in [2.75, 3.05) is 0 Å². The predicted octanol–water partition coefficient (Wildman–Crippen LogP) is -1.59. The molecule has 1 heterocycles. The highest BCUT2D eigenvalue weighted by atomic mass is 31.2. The number of alkyl halides is 1. The molecule has 29 heavy (non-hydrogen) atoms. The highest BCUT2D eigenvalue weighted by molar-refractivity contribution is 7.50. The van der Waals surface area contributed by atoms with Crippen LogP contribution >= 0.6 is 7.75 Å². The molecule has 1 saturated carbocycles. The zero-order valence-electron chi connectivity index (χ0n) is 15.5. The first kappa shape index (κ1) is 23.3. The number of aromatic amines is 1. The summed E-state index contributed by atoms with van der Waals surface area (Å²) in [7, 11) is -4.97. The quantitative estimate of drug-likeness (QED) is 0.241. The van der Waals surface area contributed by atoms with E-state index >= 15 is 4.39 Å². The van der Waals surface area contributed by atoms with Crippen molar-refractivity contribution >= 4 is 13.7 Å². The van der Waals surface area contributed by atoms with Crippen molar-refractivity contribution in [3.8, 4) is 0 Å². The van der Waals surface area contributed by atoms with Crippen LogP contribution in [0.4, 0.5) is 4.39 Å². The molecule has 13 nitrogen and oxygen atoms in total. The molecular weight excluding hydrogens is 420 g/mol. The third kappa shape index (κ3) is 4.33. The van der Waals surface area contributed by atoms with Gasteiger partial charge in [-0.1, -0.05) is 0 Å². The number of hydrogen-bond donors (Lipinski definition) is 6. The zero-order chi connectivity index (χ0) is 22.4. The van der Waals surface area contributed by atoms with Gasteiger partial charge in [-0.3, -0.25) is 23.7 Å². The SMILES string of the molecule is C[C@H](NP(=O)(O)OC1[C@@](O)([C@H](C)O)[C@]1(F)O[C@H](C)n1ccc(=O)[nH]c1=O)C(=O)O. The van der Waals surface area contributed by atoms with Crippen LogP contribution in [-0.2, 0) is 18.6 Å². The number of aliphatic carboxylic acids is 1. The van der Waals surface area contributed by atoms with Crippen molar-refractivity contribution in [3.63, 3.8) is 0 Å². The lowest BCUT2D eigenvalue weighted by Gasteiger charge is -2.21. The molecule has 2 rings (SSSR count). The molecular formula is C14H21FN3O10P. The van der Waals surface area contributed by atoms with Gasteiger partial charge in [0.25, 0.3) is 11.4 Å². The largest absolute Gasteiger partial charge is 0.480 e. The summed E-state index contributed by atoms with van der Waals surface area (Å²) in [5.74, 6) is -4.75. The molecule has 7 atom stereocenters. The van der Waals surface area contributed by atoms with Crippen molar-refractivity contribution in [1.29, 1.82) is 0 Å². The standard InChI is InChI=1S/C14H21FN3O10P/c1-6(10(21)22)17-29(25,26)28-11-13(24,7(2)19)14(11,15)27-8(3)18-5-4-9(20)16-12(18)23/h4-8,11,19,24H,1-3H3,(H,21,22)(H,16,20,23)(H2,17,25,26)/t6-,7-,8+,11?,13-,14+/m0/s1. The fraction of sp³-hybridized carbons (Fsp3) is 0.643. The number of carbonyl (C=O) groups is 1. The summed E-state index contributed by atoms with van der Waals surface area (Å²) in [6.45, 7) is 3.15. The number of aromatic nitrogens is 2. The minimum absolute atomic E-state index is 0.721. The number of ether oxygens (including phenoxy) is 1. The highest BCUT2D eigenvalue weighted by Gasteiger charge is 2.86. The number of nitrogens with zero attached hydrogens (tertiary/aromatic N) is 1. The van der Waals surface area contributed by atoms with E-state index in [4.69, 9.17) is 9.84 Å². The Morgan fingerprint density at radius 1 is 1.41 bits per heavy atom. The van der Waals surface area contributed by atoms with Crippen molar-refractivity contribution in [1.82, 2.24) is 14.6 Å². The van der Waals surface area contributed by atoms with E-state index in [1.54, 1.807) is 5.09 Å². The molecule has 0 saturated heterocycles. The first-order valence-electron chi connectivity index (χ1n) is 8.26. The fourth-order valence-corrected chi connectivity index (χ4v) is 3.93. The zero-order valence-corrected chi connectivity index (χ0v) is 16.4. The Morgan fingerprint density at radius 2 is 2.00 bits per heavy atom. The van der Waals surface area contributed by atoms with Crippen LogP contribution in [0, 0.1) is 0 Å². The van der Waals surface area contributed by atoms with Gasteiger partial charge in [-0.05, 0) is 20.8 Å². The topological polar surface area (TPSA) is 200 Å². The molecule has 1 fully saturated rings. The molecule has 0 radical (unpaired) electrons. The number of aliphatic hydroxyl groups excluding tert-OH is 1. The molecule has 0 amide bonds. The van der Waals surface area contributed by atoms with E-state index in [1.165, 1.54) is 6.92 Å². The van der Waals surface area contributed by atoms with E-state index in [0.29, 0.717) is 0 Å². The maximum absolute atomic E-state index is 15.3. The number of nitrogens with one attached hydrogen (secondary N) is 2. The lowest BCUT2D eigenvalue weighted by atomic mass is 10.2. The average Bonchev–Trinajstić information content (AvgIpc) is 3.01. The van der Waals surface area contributed by atoms with Crippen LogP contribution in [0.25, 0.3) is 0 Å². The normalized spacial score (nSPS) is 31.5. The minimum atomic E-state index is -4.97. The van der Waals surface area contributed by atoms with Crippen molar-refractivity contribution < 1.29 is 43.2 Å². The Hall–Kier alpha value is -1.93. The van der Waals surface area contributed by atoms with Crippen molar-refractivity contribution in [2.45, 2.75) is 56.7 Å². The van der Waals surface area contributed by atoms with Gasteiger partial charge in [0.2, 0.25) is 0 Å². The second kappa shape index (κ2) is 7.72. The summed E-state index contributed by atoms with van der Waals surface area (Å²) in [4.78, 5) is 45.4. The summed E-state index contributed by atoms with van der Waals surface area (Å²) in [6, 6.07) is -0.606. The molecule has 15 heteroatoms. The molecule has 1 aliphatic carbocycles. The molecule has 2 unspecified atom stereocenters. The van der Waals surface area contributed by atoms with Gasteiger partial charge in [0, 0.05) is 12.3 Å². The van der Waals surface area contributed by atoms with E-state index in [-0.39, 0.29) is 0 Å². The number of rotatable bonds is 9. The summed E-state index contributed by atoms with van der Waals surface area (Å²) in [5, 5.41) is 30.7. The van der Waals surface area contributed by atoms with Crippen LogP contribution in [0.1, 0.15) is 27.0 Å². The summed E-state index contributed by atoms with van der Waals surface area (Å²) in [6.07, 6.45) is -4.52. The molecule has 0 spiro atoms. The first-order chi connectivity index (χ1) is 13.2. The van der Waals surface area contributed by atoms with Gasteiger partial charge >= 0.3 is 19.4 Å². The Morgan fingerprint density at radius 3 is 2.48 bits per heavy atom. The van der Waals surface area contributed by atoms with Gasteiger partial charge in [0.05, 0.1) is 6.10 Å². The van der Waals surface area contributed by atoms with E-state index in [9.17, 15) is 34.1 Å². The summed E-state index contributed by atoms with van der Waals surface area (Å²) in [5.41, 5.74) is -4.49. The molecule has 1 aromatic heterocycles. The molecule has 0 aromatic carbocycles. The molecule has 6 N–H and O–H groups in total. The highest BCUT2D eigenvalue weighted by Crippen LogP contribution is 2.62. The smallest absolute Gasteiger partial charge is 0.404 e. The van der Waals surface area contributed by atoms with Gasteiger partial charge in [-0.25, -0.2) is 18.8 Å². The molecule has 1 aromatic rings. The molecule has 1 aliphatic rings. The van der Waals surface area contributed by atoms with Crippen molar-refractivity contribution in [2.24, 2.45) is 0 Å². The third-order valence-electron chi connectivity index (χ3n) is 4.40. The average molecular weight is 441 g/mol. The summed E-state index contributed by atoms with van der Waals surface area (Å²) >= 11 is 0. The van der Waals surface area contributed by atoms with Gasteiger partial charge in [-0.15, -0.1) is 0 Å². The molecule has 0 aliphatic heterocycles. The number of hydrogen-bond acceptors (Lipinski definition) is 8. The number of halogens is 1. The van der Waals surface area contributed by atoms with Crippen molar-refractivity contribution in [3.05, 3.63) is 33.1 Å². The maximum Gasteiger partial charge on any atom is 0.404 e. The second-order valence-corrected chi connectivity index (χ2v) is 8.09. The van der Waals surface area contributed by atoms with Gasteiger partial charge in [-0.2, -0.15) is 0 Å². The van der Waals surface area contributed by atoms with Gasteiger partial charge < -0.3 is 24.9 Å². The lowest BCUT2D eigenvalue weighted by Crippen LogP contribution is -2.38. The van der Waals surface area contributed by atoms with Crippen LogP contribution in [-0.4, -0.2) is 65.4 Å². The summed E-state index contributed by atoms with van der Waals surface area (Å²) < 4.78 is 37.8. The Kier molecular flexibility index (Phi) is 6.22.